The van der Waals surface area contributed by atoms with Gasteiger partial charge < -0.3 is 4.90 Å². The Morgan fingerprint density at radius 3 is 2.41 bits per heavy atom. The predicted octanol–water partition coefficient (Wildman–Crippen LogP) is 2.16. The Labute approximate surface area is 158 Å². The van der Waals surface area contributed by atoms with Crippen molar-refractivity contribution in [1.29, 1.82) is 5.26 Å². The van der Waals surface area contributed by atoms with Crippen LogP contribution in [-0.2, 0) is 6.54 Å². The quantitative estimate of drug-likeness (QED) is 0.711. The van der Waals surface area contributed by atoms with E-state index in [1.807, 2.05) is 49.5 Å². The number of hydrogen-bond donors (Lipinski definition) is 0. The summed E-state index contributed by atoms with van der Waals surface area (Å²) in [4.78, 5) is 13.5. The third-order valence-electron chi connectivity index (χ3n) is 4.78. The maximum atomic E-state index is 8.90. The normalized spacial score (nSPS) is 14.9. The van der Waals surface area contributed by atoms with E-state index in [1.54, 1.807) is 11.0 Å². The summed E-state index contributed by atoms with van der Waals surface area (Å²) in [5.74, 6) is 1.72. The summed E-state index contributed by atoms with van der Waals surface area (Å²) in [6.45, 7) is 6.66. The van der Waals surface area contributed by atoms with E-state index >= 15 is 0 Å². The molecule has 1 aromatic carbocycles. The molecular weight excluding hydrogens is 338 g/mol. The van der Waals surface area contributed by atoms with E-state index in [-0.39, 0.29) is 0 Å². The highest BCUT2D eigenvalue weighted by Gasteiger charge is 2.19. The number of aryl methyl sites for hydroxylation is 1. The number of rotatable bonds is 4. The summed E-state index contributed by atoms with van der Waals surface area (Å²) in [5, 5.41) is 13.3. The van der Waals surface area contributed by atoms with Crippen LogP contribution in [0, 0.1) is 18.3 Å². The maximum absolute atomic E-state index is 8.90. The van der Waals surface area contributed by atoms with Crippen molar-refractivity contribution in [3.8, 4) is 11.9 Å². The van der Waals surface area contributed by atoms with Gasteiger partial charge in [-0.15, -0.1) is 0 Å². The molecule has 0 unspecified atom stereocenters. The zero-order valence-electron chi connectivity index (χ0n) is 15.3. The lowest BCUT2D eigenvalue weighted by molar-refractivity contribution is 0.249. The molecule has 7 heteroatoms. The Morgan fingerprint density at radius 2 is 1.74 bits per heavy atom. The smallest absolute Gasteiger partial charge is 0.158 e. The molecule has 1 aliphatic rings. The molecule has 3 aromatic rings. The lowest BCUT2D eigenvalue weighted by atomic mass is 10.1. The number of nitriles is 1. The summed E-state index contributed by atoms with van der Waals surface area (Å²) in [5.41, 5.74) is 2.91. The van der Waals surface area contributed by atoms with E-state index < -0.39 is 0 Å². The van der Waals surface area contributed by atoms with Crippen LogP contribution in [0.1, 0.15) is 16.8 Å². The molecule has 1 fully saturated rings. The molecule has 136 valence electrons. The van der Waals surface area contributed by atoms with Gasteiger partial charge >= 0.3 is 0 Å². The lowest BCUT2D eigenvalue weighted by Gasteiger charge is -2.35. The first-order valence-corrected chi connectivity index (χ1v) is 9.02. The number of anilines is 1. The van der Waals surface area contributed by atoms with Crippen LogP contribution in [-0.4, -0.2) is 50.8 Å². The second kappa shape index (κ2) is 7.56. The summed E-state index contributed by atoms with van der Waals surface area (Å²) in [7, 11) is 0. The zero-order valence-corrected chi connectivity index (χ0v) is 15.3. The molecule has 0 bridgehead atoms. The molecule has 0 saturated carbocycles. The average Bonchev–Trinajstić information content (AvgIpc) is 3.16. The van der Waals surface area contributed by atoms with Crippen LogP contribution in [0.2, 0.25) is 0 Å². The molecular formula is C20H21N7. The minimum atomic E-state index is 0.704. The highest BCUT2D eigenvalue weighted by Crippen LogP contribution is 2.17. The molecule has 7 nitrogen and oxygen atoms in total. The van der Waals surface area contributed by atoms with E-state index in [2.05, 4.69) is 30.9 Å². The largest absolute Gasteiger partial charge is 0.354 e. The van der Waals surface area contributed by atoms with Gasteiger partial charge in [0, 0.05) is 45.0 Å². The van der Waals surface area contributed by atoms with Crippen molar-refractivity contribution in [1.82, 2.24) is 24.6 Å². The molecule has 0 radical (unpaired) electrons. The van der Waals surface area contributed by atoms with Gasteiger partial charge in [0.1, 0.15) is 12.1 Å². The highest BCUT2D eigenvalue weighted by molar-refractivity contribution is 5.43. The van der Waals surface area contributed by atoms with Crippen LogP contribution in [0.3, 0.4) is 0 Å². The predicted molar refractivity (Wildman–Crippen MR) is 103 cm³/mol. The second-order valence-electron chi connectivity index (χ2n) is 6.71. The number of piperazine rings is 1. The summed E-state index contributed by atoms with van der Waals surface area (Å²) in [6, 6.07) is 13.9. The first-order chi connectivity index (χ1) is 13.2. The standard InChI is InChI=1S/C20H21N7/c1-16-6-7-27(24-16)20-12-19(22-15-23-20)26-10-8-25(9-11-26)14-18-4-2-17(13-21)3-5-18/h2-7,12,15H,8-11,14H2,1H3. The van der Waals surface area contributed by atoms with Crippen molar-refractivity contribution in [2.24, 2.45) is 0 Å². The topological polar surface area (TPSA) is 73.9 Å². The third-order valence-corrected chi connectivity index (χ3v) is 4.78. The summed E-state index contributed by atoms with van der Waals surface area (Å²) >= 11 is 0. The molecule has 27 heavy (non-hydrogen) atoms. The molecule has 2 aromatic heterocycles. The van der Waals surface area contributed by atoms with Gasteiger partial charge in [-0.3, -0.25) is 4.90 Å². The Kier molecular flexibility index (Phi) is 4.81. The molecule has 4 rings (SSSR count). The first kappa shape index (κ1) is 17.2. The minimum Gasteiger partial charge on any atom is -0.354 e. The van der Waals surface area contributed by atoms with Crippen molar-refractivity contribution in [2.75, 3.05) is 31.1 Å². The maximum Gasteiger partial charge on any atom is 0.158 e. The second-order valence-corrected chi connectivity index (χ2v) is 6.71. The molecule has 0 aliphatic carbocycles. The third kappa shape index (κ3) is 3.96. The number of hydrogen-bond acceptors (Lipinski definition) is 6. The fourth-order valence-electron chi connectivity index (χ4n) is 3.26. The van der Waals surface area contributed by atoms with Gasteiger partial charge in [-0.1, -0.05) is 12.1 Å². The number of aromatic nitrogens is 4. The van der Waals surface area contributed by atoms with Crippen molar-refractivity contribution in [2.45, 2.75) is 13.5 Å². The molecule has 0 atom stereocenters. The molecule has 1 aliphatic heterocycles. The first-order valence-electron chi connectivity index (χ1n) is 9.02. The Hall–Kier alpha value is -3.24. The van der Waals surface area contributed by atoms with Gasteiger partial charge in [0.2, 0.25) is 0 Å². The molecule has 3 heterocycles. The number of benzene rings is 1. The van der Waals surface area contributed by atoms with Gasteiger partial charge in [0.25, 0.3) is 0 Å². The van der Waals surface area contributed by atoms with Crippen molar-refractivity contribution < 1.29 is 0 Å². The fraction of sp³-hybridized carbons (Fsp3) is 0.300. The van der Waals surface area contributed by atoms with Crippen LogP contribution in [0.15, 0.2) is 48.9 Å². The van der Waals surface area contributed by atoms with Gasteiger partial charge in [0.05, 0.1) is 17.3 Å². The van der Waals surface area contributed by atoms with E-state index in [9.17, 15) is 0 Å². The Balaban J connectivity index is 1.38. The lowest BCUT2D eigenvalue weighted by Crippen LogP contribution is -2.46. The average molecular weight is 359 g/mol. The highest BCUT2D eigenvalue weighted by atomic mass is 15.3. The monoisotopic (exact) mass is 359 g/mol. The molecule has 1 saturated heterocycles. The van der Waals surface area contributed by atoms with E-state index in [1.165, 1.54) is 5.56 Å². The molecule has 0 spiro atoms. The molecule has 0 amide bonds. The van der Waals surface area contributed by atoms with Crippen LogP contribution in [0.25, 0.3) is 5.82 Å². The Bertz CT molecular complexity index is 947. The molecule has 0 N–H and O–H groups in total. The van der Waals surface area contributed by atoms with E-state index in [4.69, 9.17) is 5.26 Å². The van der Waals surface area contributed by atoms with Crippen LogP contribution in [0.4, 0.5) is 5.82 Å². The Morgan fingerprint density at radius 1 is 1.00 bits per heavy atom. The van der Waals surface area contributed by atoms with Gasteiger partial charge in [0.15, 0.2) is 5.82 Å². The van der Waals surface area contributed by atoms with Gasteiger partial charge in [-0.25, -0.2) is 14.6 Å². The van der Waals surface area contributed by atoms with E-state index in [0.717, 1.165) is 50.1 Å². The fourth-order valence-corrected chi connectivity index (χ4v) is 3.26. The van der Waals surface area contributed by atoms with E-state index in [0.29, 0.717) is 5.56 Å². The van der Waals surface area contributed by atoms with Gasteiger partial charge in [-0.05, 0) is 30.7 Å². The van der Waals surface area contributed by atoms with Gasteiger partial charge in [-0.2, -0.15) is 10.4 Å². The van der Waals surface area contributed by atoms with Crippen LogP contribution < -0.4 is 4.90 Å². The summed E-state index contributed by atoms with van der Waals surface area (Å²) in [6.07, 6.45) is 3.52. The van der Waals surface area contributed by atoms with Crippen molar-refractivity contribution in [3.05, 3.63) is 65.7 Å². The minimum absolute atomic E-state index is 0.704. The number of nitrogens with zero attached hydrogens (tertiary/aromatic N) is 7. The van der Waals surface area contributed by atoms with Crippen molar-refractivity contribution >= 4 is 5.82 Å². The van der Waals surface area contributed by atoms with Crippen molar-refractivity contribution in [3.63, 3.8) is 0 Å². The summed E-state index contributed by atoms with van der Waals surface area (Å²) < 4.78 is 1.78. The van der Waals surface area contributed by atoms with Crippen LogP contribution >= 0.6 is 0 Å². The van der Waals surface area contributed by atoms with Crippen LogP contribution in [0.5, 0.6) is 0 Å². The zero-order chi connectivity index (χ0) is 18.6. The SMILES string of the molecule is Cc1ccn(-c2cc(N3CCN(Cc4ccc(C#N)cc4)CC3)ncn2)n1.